The predicted octanol–water partition coefficient (Wildman–Crippen LogP) is 3.52. The molecule has 0 aliphatic carbocycles. The number of nitrogens with zero attached hydrogens (tertiary/aromatic N) is 2. The smallest absolute Gasteiger partial charge is 0.154 e. The Kier molecular flexibility index (Phi) is 4.49. The van der Waals surface area contributed by atoms with E-state index in [1.54, 1.807) is 12.1 Å². The third-order valence-corrected chi connectivity index (χ3v) is 3.67. The fourth-order valence-electron chi connectivity index (χ4n) is 1.56. The van der Waals surface area contributed by atoms with Gasteiger partial charge in [-0.05, 0) is 18.6 Å². The predicted molar refractivity (Wildman–Crippen MR) is 70.9 cm³/mol. The summed E-state index contributed by atoms with van der Waals surface area (Å²) >= 11 is 6.99. The first-order valence-electron chi connectivity index (χ1n) is 5.47. The summed E-state index contributed by atoms with van der Waals surface area (Å²) in [5.74, 6) is 0.697. The van der Waals surface area contributed by atoms with Crippen LogP contribution >= 0.6 is 22.9 Å². The molecule has 1 aromatic carbocycles. The summed E-state index contributed by atoms with van der Waals surface area (Å²) in [7, 11) is 1.51. The number of alkyl halides is 1. The zero-order valence-corrected chi connectivity index (χ0v) is 11.4. The van der Waals surface area contributed by atoms with Crippen molar-refractivity contribution in [1.82, 2.24) is 10.2 Å². The van der Waals surface area contributed by atoms with E-state index in [2.05, 4.69) is 10.2 Å². The quantitative estimate of drug-likeness (QED) is 0.789. The first-order valence-corrected chi connectivity index (χ1v) is 6.82. The SMILES string of the molecule is COc1cccc(F)c1-c1nnc(CCCCl)s1. The minimum Gasteiger partial charge on any atom is -0.496 e. The van der Waals surface area contributed by atoms with Crippen molar-refractivity contribution >= 4 is 22.9 Å². The van der Waals surface area contributed by atoms with E-state index in [-0.39, 0.29) is 5.82 Å². The van der Waals surface area contributed by atoms with E-state index in [9.17, 15) is 4.39 Å². The number of hydrogen-bond acceptors (Lipinski definition) is 4. The molecule has 0 amide bonds. The maximum absolute atomic E-state index is 13.8. The summed E-state index contributed by atoms with van der Waals surface area (Å²) in [5, 5.41) is 9.44. The number of methoxy groups -OCH3 is 1. The molecule has 0 aliphatic heterocycles. The second-order valence-corrected chi connectivity index (χ2v) is 5.05. The van der Waals surface area contributed by atoms with E-state index < -0.39 is 0 Å². The standard InChI is InChI=1S/C12H12ClFN2OS/c1-17-9-5-2-4-8(14)11(9)12-16-15-10(18-12)6-3-7-13/h2,4-5H,3,6-7H2,1H3. The van der Waals surface area contributed by atoms with Gasteiger partial charge in [-0.1, -0.05) is 17.4 Å². The van der Waals surface area contributed by atoms with Gasteiger partial charge in [0.05, 0.1) is 12.7 Å². The molecule has 3 nitrogen and oxygen atoms in total. The van der Waals surface area contributed by atoms with Gasteiger partial charge in [0.15, 0.2) is 5.01 Å². The Morgan fingerprint density at radius 3 is 2.94 bits per heavy atom. The molecule has 0 spiro atoms. The van der Waals surface area contributed by atoms with Crippen LogP contribution in [-0.2, 0) is 6.42 Å². The number of ether oxygens (including phenoxy) is 1. The summed E-state index contributed by atoms with van der Waals surface area (Å²) in [6, 6.07) is 4.70. The molecule has 2 rings (SSSR count). The molecule has 0 atom stereocenters. The summed E-state index contributed by atoms with van der Waals surface area (Å²) in [6.45, 7) is 0. The normalized spacial score (nSPS) is 10.6. The second-order valence-electron chi connectivity index (χ2n) is 3.61. The average Bonchev–Trinajstić information content (AvgIpc) is 2.84. The number of rotatable bonds is 5. The Balaban J connectivity index is 2.33. The highest BCUT2D eigenvalue weighted by atomic mass is 35.5. The first kappa shape index (κ1) is 13.2. The van der Waals surface area contributed by atoms with Gasteiger partial charge in [-0.2, -0.15) is 0 Å². The highest BCUT2D eigenvalue weighted by Crippen LogP contribution is 2.34. The van der Waals surface area contributed by atoms with Crippen LogP contribution in [0.5, 0.6) is 5.75 Å². The van der Waals surface area contributed by atoms with Gasteiger partial charge in [0, 0.05) is 12.3 Å². The third kappa shape index (κ3) is 2.79. The Morgan fingerprint density at radius 1 is 1.39 bits per heavy atom. The van der Waals surface area contributed by atoms with Gasteiger partial charge in [-0.25, -0.2) is 4.39 Å². The molecule has 0 radical (unpaired) electrons. The van der Waals surface area contributed by atoms with Crippen LogP contribution in [0.3, 0.4) is 0 Å². The van der Waals surface area contributed by atoms with Crippen LogP contribution < -0.4 is 4.74 Å². The Morgan fingerprint density at radius 2 is 2.22 bits per heavy atom. The summed E-state index contributed by atoms with van der Waals surface area (Å²) in [5.41, 5.74) is 0.370. The van der Waals surface area contributed by atoms with Crippen LogP contribution in [0.25, 0.3) is 10.6 Å². The minimum absolute atomic E-state index is 0.352. The number of benzene rings is 1. The summed E-state index contributed by atoms with van der Waals surface area (Å²) in [4.78, 5) is 0. The highest BCUT2D eigenvalue weighted by Gasteiger charge is 2.16. The molecule has 0 bridgehead atoms. The largest absolute Gasteiger partial charge is 0.496 e. The van der Waals surface area contributed by atoms with E-state index in [1.165, 1.54) is 24.5 Å². The molecular weight excluding hydrogens is 275 g/mol. The van der Waals surface area contributed by atoms with E-state index >= 15 is 0 Å². The van der Waals surface area contributed by atoms with E-state index in [1.807, 2.05) is 0 Å². The minimum atomic E-state index is -0.352. The Bertz CT molecular complexity index is 533. The van der Waals surface area contributed by atoms with Gasteiger partial charge < -0.3 is 4.74 Å². The molecule has 0 fully saturated rings. The molecule has 0 aliphatic rings. The maximum atomic E-state index is 13.8. The highest BCUT2D eigenvalue weighted by molar-refractivity contribution is 7.14. The van der Waals surface area contributed by atoms with Crippen LogP contribution in [0.2, 0.25) is 0 Å². The zero-order chi connectivity index (χ0) is 13.0. The van der Waals surface area contributed by atoms with Crippen LogP contribution in [0, 0.1) is 5.82 Å². The van der Waals surface area contributed by atoms with Crippen molar-refractivity contribution in [2.24, 2.45) is 0 Å². The van der Waals surface area contributed by atoms with E-state index in [0.29, 0.717) is 22.2 Å². The molecule has 0 saturated carbocycles. The lowest BCUT2D eigenvalue weighted by atomic mass is 10.2. The molecule has 1 aromatic heterocycles. The van der Waals surface area contributed by atoms with Crippen molar-refractivity contribution in [3.8, 4) is 16.3 Å². The van der Waals surface area contributed by atoms with E-state index in [4.69, 9.17) is 16.3 Å². The van der Waals surface area contributed by atoms with Gasteiger partial charge in [0.2, 0.25) is 0 Å². The van der Waals surface area contributed by atoms with Crippen molar-refractivity contribution < 1.29 is 9.13 Å². The van der Waals surface area contributed by atoms with Crippen LogP contribution in [0.15, 0.2) is 18.2 Å². The first-order chi connectivity index (χ1) is 8.76. The van der Waals surface area contributed by atoms with Crippen molar-refractivity contribution in [3.05, 3.63) is 29.0 Å². The van der Waals surface area contributed by atoms with Crippen molar-refractivity contribution in [1.29, 1.82) is 0 Å². The van der Waals surface area contributed by atoms with Crippen molar-refractivity contribution in [2.45, 2.75) is 12.8 Å². The molecule has 0 saturated heterocycles. The number of aromatic nitrogens is 2. The number of halogens is 2. The lowest BCUT2D eigenvalue weighted by molar-refractivity contribution is 0.413. The van der Waals surface area contributed by atoms with Gasteiger partial charge in [-0.3, -0.25) is 0 Å². The fourth-order valence-corrected chi connectivity index (χ4v) is 2.62. The Labute approximate surface area is 114 Å². The van der Waals surface area contributed by atoms with Crippen molar-refractivity contribution in [3.63, 3.8) is 0 Å². The number of hydrogen-bond donors (Lipinski definition) is 0. The van der Waals surface area contributed by atoms with Crippen LogP contribution in [0.1, 0.15) is 11.4 Å². The summed E-state index contributed by atoms with van der Waals surface area (Å²) < 4.78 is 19.0. The molecule has 96 valence electrons. The molecule has 6 heteroatoms. The van der Waals surface area contributed by atoms with Crippen LogP contribution in [0.4, 0.5) is 4.39 Å². The van der Waals surface area contributed by atoms with E-state index in [0.717, 1.165) is 17.8 Å². The third-order valence-electron chi connectivity index (χ3n) is 2.40. The van der Waals surface area contributed by atoms with Gasteiger partial charge >= 0.3 is 0 Å². The molecule has 2 aromatic rings. The molecule has 0 N–H and O–H groups in total. The molecule has 18 heavy (non-hydrogen) atoms. The molecule has 0 unspecified atom stereocenters. The summed E-state index contributed by atoms with van der Waals surface area (Å²) in [6.07, 6.45) is 1.60. The lowest BCUT2D eigenvalue weighted by Gasteiger charge is -2.05. The van der Waals surface area contributed by atoms with Gasteiger partial charge in [0.25, 0.3) is 0 Å². The molecule has 1 heterocycles. The van der Waals surface area contributed by atoms with Crippen LogP contribution in [-0.4, -0.2) is 23.2 Å². The topological polar surface area (TPSA) is 35.0 Å². The van der Waals surface area contributed by atoms with Crippen molar-refractivity contribution in [2.75, 3.05) is 13.0 Å². The van der Waals surface area contributed by atoms with Gasteiger partial charge in [-0.15, -0.1) is 21.8 Å². The number of aryl methyl sites for hydroxylation is 1. The second kappa shape index (κ2) is 6.11. The Hall–Kier alpha value is -1.20. The fraction of sp³-hybridized carbons (Fsp3) is 0.333. The zero-order valence-electron chi connectivity index (χ0n) is 9.82. The lowest BCUT2D eigenvalue weighted by Crippen LogP contribution is -1.91. The van der Waals surface area contributed by atoms with Gasteiger partial charge in [0.1, 0.15) is 16.6 Å². The monoisotopic (exact) mass is 286 g/mol. The average molecular weight is 287 g/mol. The maximum Gasteiger partial charge on any atom is 0.154 e. The molecular formula is C12H12ClFN2OS.